The first kappa shape index (κ1) is 17.9. The zero-order valence-corrected chi connectivity index (χ0v) is 16.3. The number of urea groups is 1. The molecular formula is C19H23N7O3. The summed E-state index contributed by atoms with van der Waals surface area (Å²) in [7, 11) is 0. The molecule has 2 atom stereocenters. The third-order valence-corrected chi connectivity index (χ3v) is 5.18. The van der Waals surface area contributed by atoms with E-state index in [9.17, 15) is 9.59 Å². The van der Waals surface area contributed by atoms with Gasteiger partial charge in [0.05, 0.1) is 18.4 Å². The third kappa shape index (κ3) is 3.51. The number of nitrogens with zero attached hydrogens (tertiary/aromatic N) is 4. The number of carbonyl (C=O) groups excluding carboxylic acids is 2. The second-order valence-electron chi connectivity index (χ2n) is 7.88. The maximum absolute atomic E-state index is 11.9. The van der Waals surface area contributed by atoms with Crippen molar-refractivity contribution in [2.24, 2.45) is 0 Å². The molecule has 0 spiro atoms. The summed E-state index contributed by atoms with van der Waals surface area (Å²) in [5, 5.41) is 12.7. The van der Waals surface area contributed by atoms with Gasteiger partial charge in [-0.15, -0.1) is 0 Å². The van der Waals surface area contributed by atoms with Crippen molar-refractivity contribution in [2.45, 2.75) is 44.9 Å². The first-order valence-corrected chi connectivity index (χ1v) is 9.86. The van der Waals surface area contributed by atoms with Crippen LogP contribution in [-0.2, 0) is 9.53 Å². The molecule has 1 aliphatic carbocycles. The van der Waals surface area contributed by atoms with E-state index in [2.05, 4.69) is 39.8 Å². The smallest absolute Gasteiger partial charge is 0.326 e. The quantitative estimate of drug-likeness (QED) is 0.523. The van der Waals surface area contributed by atoms with Crippen LogP contribution in [0.5, 0.6) is 0 Å². The van der Waals surface area contributed by atoms with Gasteiger partial charge in [-0.05, 0) is 32.8 Å². The molecule has 2 saturated heterocycles. The van der Waals surface area contributed by atoms with Crippen LogP contribution in [0.4, 0.5) is 16.4 Å². The number of anilines is 2. The molecule has 3 amide bonds. The summed E-state index contributed by atoms with van der Waals surface area (Å²) in [6.07, 6.45) is 5.75. The van der Waals surface area contributed by atoms with E-state index in [1.807, 2.05) is 6.07 Å². The normalized spacial score (nSPS) is 26.1. The van der Waals surface area contributed by atoms with Gasteiger partial charge >= 0.3 is 6.03 Å². The molecule has 4 heterocycles. The molecule has 10 heteroatoms. The van der Waals surface area contributed by atoms with Gasteiger partial charge in [-0.2, -0.15) is 9.61 Å². The number of carbonyl (C=O) groups is 2. The van der Waals surface area contributed by atoms with Crippen molar-refractivity contribution >= 4 is 35.3 Å². The number of amides is 3. The number of hydrogen-bond acceptors (Lipinski definition) is 7. The van der Waals surface area contributed by atoms with Gasteiger partial charge in [0, 0.05) is 30.8 Å². The van der Waals surface area contributed by atoms with Crippen molar-refractivity contribution in [3.63, 3.8) is 0 Å². The van der Waals surface area contributed by atoms with Crippen LogP contribution >= 0.6 is 0 Å². The Hall–Kier alpha value is -3.14. The minimum atomic E-state index is -0.529. The van der Waals surface area contributed by atoms with Gasteiger partial charge in [0.1, 0.15) is 17.3 Å². The van der Waals surface area contributed by atoms with E-state index in [0.29, 0.717) is 17.3 Å². The van der Waals surface area contributed by atoms with E-state index in [-0.39, 0.29) is 17.9 Å². The highest BCUT2D eigenvalue weighted by Gasteiger charge is 2.28. The van der Waals surface area contributed by atoms with Crippen LogP contribution in [0.2, 0.25) is 0 Å². The molecule has 3 aliphatic rings. The molecule has 0 radical (unpaired) electrons. The lowest BCUT2D eigenvalue weighted by Gasteiger charge is -2.36. The SMILES string of the molecule is C[C@@H]1CN(c2cc(NC3CC3)n3ncc(/C=C4\NC(=O)NC4=O)c3n2)C[C@H](C)O1. The summed E-state index contributed by atoms with van der Waals surface area (Å²) >= 11 is 0. The number of nitrogens with one attached hydrogen (secondary N) is 3. The van der Waals surface area contributed by atoms with Crippen LogP contribution in [0.25, 0.3) is 11.7 Å². The number of fused-ring (bicyclic) bond motifs is 1. The van der Waals surface area contributed by atoms with Crippen LogP contribution in [0.3, 0.4) is 0 Å². The van der Waals surface area contributed by atoms with Crippen molar-refractivity contribution in [3.05, 3.63) is 23.5 Å². The predicted molar refractivity (Wildman–Crippen MR) is 107 cm³/mol. The molecule has 0 bridgehead atoms. The Bertz CT molecular complexity index is 1020. The van der Waals surface area contributed by atoms with Crippen LogP contribution in [0.1, 0.15) is 32.3 Å². The monoisotopic (exact) mass is 397 g/mol. The fourth-order valence-corrected chi connectivity index (χ4v) is 3.77. The molecular weight excluding hydrogens is 374 g/mol. The van der Waals surface area contributed by atoms with Gasteiger partial charge in [0.2, 0.25) is 0 Å². The maximum Gasteiger partial charge on any atom is 0.326 e. The average Bonchev–Trinajstić information content (AvgIpc) is 3.29. The van der Waals surface area contributed by atoms with Gasteiger partial charge in [0.15, 0.2) is 5.65 Å². The number of imide groups is 1. The second-order valence-corrected chi connectivity index (χ2v) is 7.88. The van der Waals surface area contributed by atoms with E-state index >= 15 is 0 Å². The molecule has 5 rings (SSSR count). The Labute approximate surface area is 167 Å². The van der Waals surface area contributed by atoms with Crippen molar-refractivity contribution in [1.82, 2.24) is 25.2 Å². The minimum absolute atomic E-state index is 0.112. The zero-order valence-electron chi connectivity index (χ0n) is 16.3. The third-order valence-electron chi connectivity index (χ3n) is 5.18. The van der Waals surface area contributed by atoms with Crippen molar-refractivity contribution in [1.29, 1.82) is 0 Å². The lowest BCUT2D eigenvalue weighted by Crippen LogP contribution is -2.45. The fourth-order valence-electron chi connectivity index (χ4n) is 3.77. The topological polar surface area (TPSA) is 113 Å². The summed E-state index contributed by atoms with van der Waals surface area (Å²) in [6, 6.07) is 1.94. The van der Waals surface area contributed by atoms with Crippen LogP contribution in [0.15, 0.2) is 18.0 Å². The summed E-state index contributed by atoms with van der Waals surface area (Å²) in [5.41, 5.74) is 1.47. The number of ether oxygens (including phenoxy) is 1. The van der Waals surface area contributed by atoms with Crippen LogP contribution in [-0.4, -0.2) is 57.9 Å². The van der Waals surface area contributed by atoms with E-state index in [4.69, 9.17) is 9.72 Å². The lowest BCUT2D eigenvalue weighted by atomic mass is 10.2. The second kappa shape index (κ2) is 6.73. The van der Waals surface area contributed by atoms with E-state index in [0.717, 1.165) is 37.6 Å². The molecule has 3 N–H and O–H groups in total. The van der Waals surface area contributed by atoms with Gasteiger partial charge in [-0.3, -0.25) is 10.1 Å². The first-order valence-electron chi connectivity index (χ1n) is 9.86. The van der Waals surface area contributed by atoms with E-state index < -0.39 is 11.9 Å². The summed E-state index contributed by atoms with van der Waals surface area (Å²) < 4.78 is 7.60. The number of hydrogen-bond donors (Lipinski definition) is 3. The summed E-state index contributed by atoms with van der Waals surface area (Å²) in [6.45, 7) is 5.61. The van der Waals surface area contributed by atoms with Gasteiger partial charge in [-0.1, -0.05) is 0 Å². The fraction of sp³-hybridized carbons (Fsp3) is 0.474. The molecule has 1 saturated carbocycles. The highest BCUT2D eigenvalue weighted by atomic mass is 16.5. The molecule has 152 valence electrons. The molecule has 3 fully saturated rings. The number of aromatic nitrogens is 3. The van der Waals surface area contributed by atoms with Crippen molar-refractivity contribution < 1.29 is 14.3 Å². The van der Waals surface area contributed by atoms with Gasteiger partial charge < -0.3 is 20.3 Å². The van der Waals surface area contributed by atoms with Gasteiger partial charge in [-0.25, -0.2) is 9.78 Å². The average molecular weight is 397 g/mol. The Kier molecular flexibility index (Phi) is 4.16. The summed E-state index contributed by atoms with van der Waals surface area (Å²) in [5.74, 6) is 1.24. The summed E-state index contributed by atoms with van der Waals surface area (Å²) in [4.78, 5) is 30.4. The standard InChI is InChI=1S/C19H23N7O3/c1-10-8-25(9-11(2)29-10)15-6-16(21-13-3-4-13)26-17(23-15)12(7-20-26)5-14-18(27)24-19(28)22-14/h5-7,10-11,13,21H,3-4,8-9H2,1-2H3,(H2,22,24,27,28)/b14-5-/t10-,11+. The minimum Gasteiger partial charge on any atom is -0.372 e. The van der Waals surface area contributed by atoms with E-state index in [1.54, 1.807) is 16.8 Å². The molecule has 2 aromatic rings. The Morgan fingerprint density at radius 2 is 1.97 bits per heavy atom. The van der Waals surface area contributed by atoms with Crippen LogP contribution < -0.4 is 20.9 Å². The van der Waals surface area contributed by atoms with Gasteiger partial charge in [0.25, 0.3) is 5.91 Å². The molecule has 2 aromatic heterocycles. The van der Waals surface area contributed by atoms with E-state index in [1.165, 1.54) is 0 Å². The Balaban J connectivity index is 1.58. The van der Waals surface area contributed by atoms with Crippen molar-refractivity contribution in [2.75, 3.05) is 23.3 Å². The molecule has 10 nitrogen and oxygen atoms in total. The number of rotatable bonds is 4. The molecule has 0 aromatic carbocycles. The Morgan fingerprint density at radius 1 is 1.21 bits per heavy atom. The molecule has 0 unspecified atom stereocenters. The Morgan fingerprint density at radius 3 is 2.62 bits per heavy atom. The molecule has 2 aliphatic heterocycles. The predicted octanol–water partition coefficient (Wildman–Crippen LogP) is 1.10. The van der Waals surface area contributed by atoms with Crippen LogP contribution in [0, 0.1) is 0 Å². The molecule has 29 heavy (non-hydrogen) atoms. The maximum atomic E-state index is 11.9. The first-order chi connectivity index (χ1) is 14.0. The van der Waals surface area contributed by atoms with Crippen molar-refractivity contribution in [3.8, 4) is 0 Å². The highest BCUT2D eigenvalue weighted by molar-refractivity contribution is 6.14. The largest absolute Gasteiger partial charge is 0.372 e. The lowest BCUT2D eigenvalue weighted by molar-refractivity contribution is -0.115. The zero-order chi connectivity index (χ0) is 20.1. The highest BCUT2D eigenvalue weighted by Crippen LogP contribution is 2.29. The number of morpholine rings is 1.